The van der Waals surface area contributed by atoms with Gasteiger partial charge in [0.05, 0.1) is 60.4 Å². The Kier molecular flexibility index (Phi) is 37.6. The summed E-state index contributed by atoms with van der Waals surface area (Å²) in [4.78, 5) is 121. The number of fused-ring (bicyclic) bond motifs is 3. The minimum absolute atomic E-state index is 0.00857. The van der Waals surface area contributed by atoms with Gasteiger partial charge in [0.1, 0.15) is 64.6 Å². The van der Waals surface area contributed by atoms with E-state index in [1.165, 1.54) is 135 Å². The van der Waals surface area contributed by atoms with Gasteiger partial charge in [-0.2, -0.15) is 8.42 Å². The van der Waals surface area contributed by atoms with Crippen molar-refractivity contribution in [1.82, 2.24) is 0 Å². The normalized spacial score (nSPS) is 33.3. The third kappa shape index (κ3) is 26.1. The highest BCUT2D eigenvalue weighted by Crippen LogP contribution is 2.68. The summed E-state index contributed by atoms with van der Waals surface area (Å²) in [6.45, 7) is 71.0. The van der Waals surface area contributed by atoms with Crippen LogP contribution in [-0.4, -0.2) is 138 Å². The summed E-state index contributed by atoms with van der Waals surface area (Å²) in [5.41, 5.74) is -4.03. The molecule has 0 aromatic carbocycles. The van der Waals surface area contributed by atoms with Gasteiger partial charge >= 0.3 is 59.7 Å². The number of hydrogen-bond acceptors (Lipinski definition) is 23. The highest BCUT2D eigenvalue weighted by molar-refractivity contribution is 7.87. The number of esters is 10. The largest absolute Gasteiger partial charge is 0.459 e. The molecule has 20 rings (SSSR count). The van der Waals surface area contributed by atoms with Gasteiger partial charge in [0, 0.05) is 51.8 Å². The number of carbonyl (C=O) groups excluding carboxylic acids is 10. The van der Waals surface area contributed by atoms with Gasteiger partial charge in [0.25, 0.3) is 10.1 Å². The van der Waals surface area contributed by atoms with Crippen molar-refractivity contribution in [3.63, 3.8) is 0 Å². The molecule has 0 radical (unpaired) electrons. The number of ether oxygens (including phenoxy) is 10. The first-order valence-corrected chi connectivity index (χ1v) is 60.4. The molecule has 0 spiro atoms. The number of hydrogen-bond donors (Lipinski definition) is 0. The van der Waals surface area contributed by atoms with E-state index in [2.05, 4.69) is 90.0 Å². The maximum absolute atomic E-state index is 12.6. The van der Waals surface area contributed by atoms with E-state index in [9.17, 15) is 56.4 Å². The first-order chi connectivity index (χ1) is 67.8. The molecule has 0 aromatic heterocycles. The Hall–Kier alpha value is -5.39. The van der Waals surface area contributed by atoms with Crippen LogP contribution >= 0.6 is 0 Å². The second-order valence-electron chi connectivity index (χ2n) is 58.0. The maximum atomic E-state index is 12.6. The Labute approximate surface area is 889 Å². The third-order valence-electron chi connectivity index (χ3n) is 42.6. The zero-order valence-corrected chi connectivity index (χ0v) is 99.5. The first kappa shape index (κ1) is 122. The zero-order chi connectivity index (χ0) is 110. The van der Waals surface area contributed by atoms with Crippen molar-refractivity contribution in [2.24, 2.45) is 154 Å². The highest BCUT2D eigenvalue weighted by Gasteiger charge is 2.69. The van der Waals surface area contributed by atoms with Crippen molar-refractivity contribution in [3.8, 4) is 0 Å². The second kappa shape index (κ2) is 45.4. The molecule has 3 heterocycles. The smallest absolute Gasteiger partial charge is 0.312 e. The fraction of sp³-hybridized carbons (Fsp3) is 0.919. The first-order valence-electron chi connectivity index (χ1n) is 58.9. The number of rotatable bonds is 28. The van der Waals surface area contributed by atoms with Crippen LogP contribution < -0.4 is 0 Å². The maximum Gasteiger partial charge on any atom is 0.312 e. The summed E-state index contributed by atoms with van der Waals surface area (Å²) >= 11 is 0. The lowest BCUT2D eigenvalue weighted by Gasteiger charge is -2.61. The predicted molar refractivity (Wildman–Crippen MR) is 572 cm³/mol. The van der Waals surface area contributed by atoms with Crippen LogP contribution in [0.2, 0.25) is 0 Å². The van der Waals surface area contributed by atoms with Crippen molar-refractivity contribution in [3.05, 3.63) is 0 Å². The molecule has 0 amide bonds. The van der Waals surface area contributed by atoms with Crippen LogP contribution in [-0.2, 0) is 110 Å². The van der Waals surface area contributed by atoms with E-state index in [0.29, 0.717) is 48.3 Å². The van der Waals surface area contributed by atoms with E-state index in [4.69, 9.17) is 51.6 Å². The van der Waals surface area contributed by atoms with Crippen molar-refractivity contribution in [2.45, 2.75) is 563 Å². The van der Waals surface area contributed by atoms with Crippen LogP contribution in [0.1, 0.15) is 493 Å². The standard InChI is InChI=1S/2C19H32O2.2C15H28O2.2C14H20O4.C14H26O2.C13H20O5S/c2*1-6-17(2,3)16(20)21-18(4,5)19-10-13-7-14(11-19)9-15(8-13)12-19;1-7-14(5,6)12(16)17-15(13(2,3)4)10-8-9-11-15;1-6-14(2,3)13(16)17-15(4,5)12-10-8-7-9-11-12;2*1-4-14(2,3)13(16)18-10-7-5-8-9(6-7)12(15)17-11(8)10;1-6-13(4,5)12(15)16-14(11(2)3)9-7-8-10-14;1-4-13(2,3)12(14)17-10-7-5-8-9(6-7)19(15,16)18-11(8)10/h2*13-15H,6-12H2,1-5H3;7-11H2,1-6H3;12H,6-11H2,1-5H3;2*7-11H,4-6H2,1-3H3;11H,6-10H2,1-5H3;7-11H,4-6H2,1-3H3. The van der Waals surface area contributed by atoms with E-state index < -0.39 is 32.5 Å². The Morgan fingerprint density at radius 1 is 0.333 bits per heavy atom. The van der Waals surface area contributed by atoms with Crippen LogP contribution in [0, 0.1) is 154 Å². The molecule has 14 bridgehead atoms. The van der Waals surface area contributed by atoms with Crippen molar-refractivity contribution >= 4 is 69.8 Å². The lowest BCUT2D eigenvalue weighted by molar-refractivity contribution is -0.206. The Balaban J connectivity index is 0.000000160. The predicted octanol–water partition coefficient (Wildman–Crippen LogP) is 27.8. The van der Waals surface area contributed by atoms with Crippen LogP contribution in [0.4, 0.5) is 0 Å². The SMILES string of the molecule is CCC(C)(C)C(=O)OC(C)(C)C12CC3CC(CC(C3)C1)C2.CCC(C)(C)C(=O)OC(C)(C)C12CC3CC(CC(C3)C1)C2.CCC(C)(C)C(=O)OC(C)(C)C1CCCCC1.CCC(C)(C)C(=O)OC1(C(C)(C)C)CCCC1.CCC(C)(C)C(=O)OC1(C(C)C)CCCC1.CCC(C)(C)C(=O)OC1C2CC3C(=O)OC1C3C2.CCC(C)(C)C(=O)OC1C2CC3C(=O)OC1C3C2.CCC(C)(C)C(=O)OC1C2CC3C1OS(=O)(=O)C3C2. The minimum Gasteiger partial charge on any atom is -0.459 e. The molecule has 17 saturated carbocycles. The fourth-order valence-electron chi connectivity index (χ4n) is 28.4. The lowest BCUT2D eigenvalue weighted by atomic mass is 9.46. The van der Waals surface area contributed by atoms with Crippen LogP contribution in [0.25, 0.3) is 0 Å². The monoisotopic (exact) mass is 2080 g/mol. The zero-order valence-electron chi connectivity index (χ0n) is 98.7. The van der Waals surface area contributed by atoms with Gasteiger partial charge in [-0.15, -0.1) is 0 Å². The molecular formula is C123H206O23S. The summed E-state index contributed by atoms with van der Waals surface area (Å²) in [6, 6.07) is 0. The quantitative estimate of drug-likeness (QED) is 0.0399. The molecule has 147 heavy (non-hydrogen) atoms. The van der Waals surface area contributed by atoms with E-state index >= 15 is 0 Å². The van der Waals surface area contributed by atoms with Crippen molar-refractivity contribution in [1.29, 1.82) is 0 Å². The third-order valence-corrected chi connectivity index (χ3v) is 44.4. The van der Waals surface area contributed by atoms with Crippen LogP contribution in [0.3, 0.4) is 0 Å². The van der Waals surface area contributed by atoms with Gasteiger partial charge in [-0.05, 0) is 431 Å². The molecule has 0 aromatic rings. The number of carbonyl (C=O) groups is 10. The van der Waals surface area contributed by atoms with Gasteiger partial charge in [-0.3, -0.25) is 52.1 Å². The molecule has 3 saturated heterocycles. The van der Waals surface area contributed by atoms with Crippen LogP contribution in [0.15, 0.2) is 0 Å². The molecular weight excluding hydrogens is 1880 g/mol. The molecule has 15 atom stereocenters. The molecule has 24 heteroatoms. The molecule has 20 aliphatic rings. The average molecular weight is 2090 g/mol. The summed E-state index contributed by atoms with van der Waals surface area (Å²) in [5, 5.41) is -0.364. The van der Waals surface area contributed by atoms with Gasteiger partial charge in [-0.1, -0.05) is 109 Å². The van der Waals surface area contributed by atoms with Crippen LogP contribution in [0.5, 0.6) is 0 Å². The highest BCUT2D eigenvalue weighted by atomic mass is 32.2. The van der Waals surface area contributed by atoms with Gasteiger partial charge in [0.2, 0.25) is 0 Å². The van der Waals surface area contributed by atoms with E-state index in [1.807, 2.05) is 152 Å². The van der Waals surface area contributed by atoms with Gasteiger partial charge in [-0.25, -0.2) is 0 Å². The Morgan fingerprint density at radius 2 is 0.619 bits per heavy atom. The summed E-state index contributed by atoms with van der Waals surface area (Å²) < 4.78 is 86.4. The molecule has 15 unspecified atom stereocenters. The summed E-state index contributed by atoms with van der Waals surface area (Å²) in [7, 11) is -3.43. The molecule has 842 valence electrons. The topological polar surface area (TPSA) is 306 Å². The van der Waals surface area contributed by atoms with E-state index in [0.717, 1.165) is 138 Å². The van der Waals surface area contributed by atoms with Crippen molar-refractivity contribution in [2.75, 3.05) is 0 Å². The average Bonchev–Trinajstić information content (AvgIpc) is 1.24. The fourth-order valence-corrected chi connectivity index (χ4v) is 30.3. The molecule has 20 fully saturated rings. The van der Waals surface area contributed by atoms with Crippen molar-refractivity contribution < 1.29 is 108 Å². The van der Waals surface area contributed by atoms with E-state index in [-0.39, 0.29) is 190 Å². The molecule has 23 nitrogen and oxygen atoms in total. The minimum atomic E-state index is -3.43. The summed E-state index contributed by atoms with van der Waals surface area (Å²) in [6.07, 6.45) is 41.3. The van der Waals surface area contributed by atoms with E-state index in [1.54, 1.807) is 0 Å². The molecule has 3 aliphatic heterocycles. The molecule has 0 N–H and O–H groups in total. The summed E-state index contributed by atoms with van der Waals surface area (Å²) in [5.74, 6) is 7.05. The van der Waals surface area contributed by atoms with Gasteiger partial charge < -0.3 is 47.4 Å². The Bertz CT molecular complexity index is 4460. The van der Waals surface area contributed by atoms with Gasteiger partial charge in [0.15, 0.2) is 0 Å². The molecule has 17 aliphatic carbocycles. The Morgan fingerprint density at radius 3 is 0.939 bits per heavy atom. The lowest BCUT2D eigenvalue weighted by Crippen LogP contribution is -2.58. The second-order valence-corrected chi connectivity index (χ2v) is 59.8.